The summed E-state index contributed by atoms with van der Waals surface area (Å²) in [6.45, 7) is 5.06. The van der Waals surface area contributed by atoms with Crippen molar-refractivity contribution in [3.63, 3.8) is 0 Å². The molecule has 0 aliphatic rings. The van der Waals surface area contributed by atoms with Crippen molar-refractivity contribution >= 4 is 32.5 Å². The van der Waals surface area contributed by atoms with Crippen molar-refractivity contribution in [2.24, 2.45) is 0 Å². The van der Waals surface area contributed by atoms with E-state index in [1.807, 2.05) is 6.20 Å². The van der Waals surface area contributed by atoms with Crippen LogP contribution in [0.1, 0.15) is 12.5 Å². The summed E-state index contributed by atoms with van der Waals surface area (Å²) in [7, 11) is 0. The van der Waals surface area contributed by atoms with Crippen molar-refractivity contribution < 1.29 is 0 Å². The van der Waals surface area contributed by atoms with E-state index >= 15 is 0 Å². The highest BCUT2D eigenvalue weighted by atomic mass is 79.9. The van der Waals surface area contributed by atoms with Gasteiger partial charge in [-0.25, -0.2) is 4.98 Å². The van der Waals surface area contributed by atoms with E-state index in [1.165, 1.54) is 10.9 Å². The average molecular weight is 265 g/mol. The Bertz CT molecular complexity index is 494. The second-order valence-corrected chi connectivity index (χ2v) is 4.39. The Morgan fingerprint density at radius 3 is 2.87 bits per heavy atom. The molecule has 1 heterocycles. The summed E-state index contributed by atoms with van der Waals surface area (Å²) in [6, 6.07) is 6.39. The molecule has 0 saturated carbocycles. The molecule has 3 heteroatoms. The summed E-state index contributed by atoms with van der Waals surface area (Å²) < 4.78 is 1.04. The number of benzene rings is 1. The second kappa shape index (κ2) is 4.19. The third kappa shape index (κ3) is 1.97. The summed E-state index contributed by atoms with van der Waals surface area (Å²) >= 11 is 3.53. The molecule has 0 spiro atoms. The number of aromatic nitrogens is 1. The molecule has 0 radical (unpaired) electrons. The van der Waals surface area contributed by atoms with Gasteiger partial charge in [0.1, 0.15) is 5.82 Å². The van der Waals surface area contributed by atoms with Gasteiger partial charge in [-0.1, -0.05) is 23.8 Å². The smallest absolute Gasteiger partial charge is 0.133 e. The lowest BCUT2D eigenvalue weighted by Crippen LogP contribution is -1.99. The van der Waals surface area contributed by atoms with Crippen LogP contribution in [0.2, 0.25) is 0 Å². The molecule has 2 aromatic rings. The Kier molecular flexibility index (Phi) is 2.91. The molecule has 0 fully saturated rings. The summed E-state index contributed by atoms with van der Waals surface area (Å²) in [5.74, 6) is 0.954. The predicted octanol–water partition coefficient (Wildman–Crippen LogP) is 3.74. The zero-order valence-corrected chi connectivity index (χ0v) is 10.4. The molecule has 0 aliphatic heterocycles. The number of nitrogens with one attached hydrogen (secondary N) is 1. The maximum absolute atomic E-state index is 4.37. The lowest BCUT2D eigenvalue weighted by Gasteiger charge is -2.08. The standard InChI is InChI=1S/C12H13BrN2/c1-3-14-12-9-5-4-8(2)6-10(9)11(13)7-15-12/h4-7H,3H2,1-2H3,(H,14,15). The van der Waals surface area contributed by atoms with Gasteiger partial charge in [-0.15, -0.1) is 0 Å². The summed E-state index contributed by atoms with van der Waals surface area (Å²) in [5, 5.41) is 5.64. The fourth-order valence-corrected chi connectivity index (χ4v) is 2.06. The van der Waals surface area contributed by atoms with Crippen LogP contribution in [0.4, 0.5) is 5.82 Å². The van der Waals surface area contributed by atoms with Crippen molar-refractivity contribution in [2.45, 2.75) is 13.8 Å². The molecule has 0 aliphatic carbocycles. The van der Waals surface area contributed by atoms with E-state index in [9.17, 15) is 0 Å². The molecule has 0 unspecified atom stereocenters. The number of aryl methyl sites for hydroxylation is 1. The van der Waals surface area contributed by atoms with Crippen molar-refractivity contribution in [3.8, 4) is 0 Å². The van der Waals surface area contributed by atoms with Gasteiger partial charge in [-0.2, -0.15) is 0 Å². The van der Waals surface area contributed by atoms with Gasteiger partial charge in [-0.3, -0.25) is 0 Å². The summed E-state index contributed by atoms with van der Waals surface area (Å²) in [6.07, 6.45) is 1.85. The van der Waals surface area contributed by atoms with Gasteiger partial charge in [0, 0.05) is 28.0 Å². The first kappa shape index (κ1) is 10.4. The quantitative estimate of drug-likeness (QED) is 0.894. The van der Waals surface area contributed by atoms with Gasteiger partial charge < -0.3 is 5.32 Å². The van der Waals surface area contributed by atoms with Crippen LogP contribution in [-0.4, -0.2) is 11.5 Å². The zero-order valence-electron chi connectivity index (χ0n) is 8.84. The fourth-order valence-electron chi connectivity index (χ4n) is 1.63. The molecule has 1 aromatic heterocycles. The zero-order chi connectivity index (χ0) is 10.8. The Hall–Kier alpha value is -1.09. The van der Waals surface area contributed by atoms with Crippen LogP contribution in [0.25, 0.3) is 10.8 Å². The number of pyridine rings is 1. The van der Waals surface area contributed by atoms with Gasteiger partial charge in [0.25, 0.3) is 0 Å². The van der Waals surface area contributed by atoms with Crippen LogP contribution in [0.15, 0.2) is 28.9 Å². The molecule has 0 atom stereocenters. The molecule has 0 saturated heterocycles. The topological polar surface area (TPSA) is 24.9 Å². The first-order valence-electron chi connectivity index (χ1n) is 5.01. The van der Waals surface area contributed by atoms with Crippen LogP contribution in [0.5, 0.6) is 0 Å². The van der Waals surface area contributed by atoms with Crippen LogP contribution in [0.3, 0.4) is 0 Å². The lowest BCUT2D eigenvalue weighted by molar-refractivity contribution is 1.17. The molecule has 1 aromatic carbocycles. The van der Waals surface area contributed by atoms with Crippen LogP contribution in [0, 0.1) is 6.92 Å². The molecular weight excluding hydrogens is 252 g/mol. The van der Waals surface area contributed by atoms with Crippen molar-refractivity contribution in [1.82, 2.24) is 4.98 Å². The minimum Gasteiger partial charge on any atom is -0.370 e. The monoisotopic (exact) mass is 264 g/mol. The van der Waals surface area contributed by atoms with E-state index in [0.29, 0.717) is 0 Å². The minimum absolute atomic E-state index is 0.887. The van der Waals surface area contributed by atoms with E-state index < -0.39 is 0 Å². The highest BCUT2D eigenvalue weighted by Crippen LogP contribution is 2.28. The van der Waals surface area contributed by atoms with Gasteiger partial charge >= 0.3 is 0 Å². The number of fused-ring (bicyclic) bond motifs is 1. The molecule has 0 amide bonds. The number of rotatable bonds is 2. The van der Waals surface area contributed by atoms with Crippen molar-refractivity contribution in [1.29, 1.82) is 0 Å². The minimum atomic E-state index is 0.887. The Balaban J connectivity index is 2.71. The van der Waals surface area contributed by atoms with Gasteiger partial charge in [0.05, 0.1) is 0 Å². The Morgan fingerprint density at radius 2 is 2.13 bits per heavy atom. The van der Waals surface area contributed by atoms with Gasteiger partial charge in [-0.05, 0) is 29.8 Å². The van der Waals surface area contributed by atoms with E-state index in [1.54, 1.807) is 0 Å². The number of anilines is 1. The largest absolute Gasteiger partial charge is 0.370 e. The van der Waals surface area contributed by atoms with Crippen LogP contribution < -0.4 is 5.32 Å². The SMILES string of the molecule is CCNc1ncc(Br)c2cc(C)ccc12. The summed E-state index contributed by atoms with van der Waals surface area (Å²) in [4.78, 5) is 4.37. The Morgan fingerprint density at radius 1 is 1.33 bits per heavy atom. The van der Waals surface area contributed by atoms with Gasteiger partial charge in [0.15, 0.2) is 0 Å². The van der Waals surface area contributed by atoms with Gasteiger partial charge in [0.2, 0.25) is 0 Å². The molecule has 1 N–H and O–H groups in total. The number of hydrogen-bond donors (Lipinski definition) is 1. The molecule has 15 heavy (non-hydrogen) atoms. The third-order valence-electron chi connectivity index (χ3n) is 2.34. The number of nitrogens with zero attached hydrogens (tertiary/aromatic N) is 1. The predicted molar refractivity (Wildman–Crippen MR) is 68.3 cm³/mol. The maximum Gasteiger partial charge on any atom is 0.133 e. The van der Waals surface area contributed by atoms with Crippen molar-refractivity contribution in [2.75, 3.05) is 11.9 Å². The second-order valence-electron chi connectivity index (χ2n) is 3.53. The van der Waals surface area contributed by atoms with Crippen LogP contribution >= 0.6 is 15.9 Å². The first-order chi connectivity index (χ1) is 7.22. The maximum atomic E-state index is 4.37. The molecule has 2 rings (SSSR count). The third-order valence-corrected chi connectivity index (χ3v) is 2.97. The highest BCUT2D eigenvalue weighted by molar-refractivity contribution is 9.10. The molecular formula is C12H13BrN2. The van der Waals surface area contributed by atoms with Crippen LogP contribution in [-0.2, 0) is 0 Å². The van der Waals surface area contributed by atoms with E-state index in [0.717, 1.165) is 22.2 Å². The summed E-state index contributed by atoms with van der Waals surface area (Å²) in [5.41, 5.74) is 1.26. The number of halogens is 1. The van der Waals surface area contributed by atoms with E-state index in [-0.39, 0.29) is 0 Å². The molecule has 78 valence electrons. The average Bonchev–Trinajstić information content (AvgIpc) is 2.23. The fraction of sp³-hybridized carbons (Fsp3) is 0.250. The van der Waals surface area contributed by atoms with Crippen molar-refractivity contribution in [3.05, 3.63) is 34.4 Å². The molecule has 0 bridgehead atoms. The number of hydrogen-bond acceptors (Lipinski definition) is 2. The Labute approximate surface area is 97.8 Å². The van der Waals surface area contributed by atoms with E-state index in [4.69, 9.17) is 0 Å². The molecule has 2 nitrogen and oxygen atoms in total. The highest BCUT2D eigenvalue weighted by Gasteiger charge is 2.04. The lowest BCUT2D eigenvalue weighted by atomic mass is 10.1. The van der Waals surface area contributed by atoms with E-state index in [2.05, 4.69) is 58.3 Å². The normalized spacial score (nSPS) is 10.6. The first-order valence-corrected chi connectivity index (χ1v) is 5.80.